The number of rotatable bonds is 4. The van der Waals surface area contributed by atoms with Gasteiger partial charge in [0.25, 0.3) is 0 Å². The lowest BCUT2D eigenvalue weighted by atomic mass is 9.73. The van der Waals surface area contributed by atoms with Crippen LogP contribution in [-0.2, 0) is 21.4 Å². The summed E-state index contributed by atoms with van der Waals surface area (Å²) in [5.74, 6) is 0.863. The quantitative estimate of drug-likeness (QED) is 0.597. The topological polar surface area (TPSA) is 58.2 Å². The number of carbonyl (C=O) groups is 1. The van der Waals surface area contributed by atoms with E-state index in [-0.39, 0.29) is 5.91 Å². The smallest absolute Gasteiger partial charge is 0.233 e. The van der Waals surface area contributed by atoms with Crippen LogP contribution in [0.1, 0.15) is 43.2 Å². The second-order valence-electron chi connectivity index (χ2n) is 9.29. The second-order valence-corrected chi connectivity index (χ2v) is 9.72. The van der Waals surface area contributed by atoms with Crippen molar-refractivity contribution >= 4 is 28.4 Å². The Morgan fingerprint density at radius 2 is 1.94 bits per heavy atom. The van der Waals surface area contributed by atoms with E-state index < -0.39 is 5.41 Å². The van der Waals surface area contributed by atoms with E-state index in [0.29, 0.717) is 24.2 Å². The Labute approximate surface area is 194 Å². The van der Waals surface area contributed by atoms with Gasteiger partial charge in [-0.3, -0.25) is 9.89 Å². The number of nitrogens with one attached hydrogen (secondary N) is 1. The maximum atomic E-state index is 13.9. The minimum atomic E-state index is -0.491. The number of H-pyrrole nitrogens is 1. The number of hydrogen-bond acceptors (Lipinski definition) is 3. The Kier molecular flexibility index (Phi) is 6.20. The molecule has 2 fully saturated rings. The predicted molar refractivity (Wildman–Crippen MR) is 127 cm³/mol. The number of aromatic amines is 1. The summed E-state index contributed by atoms with van der Waals surface area (Å²) in [7, 11) is 0. The van der Waals surface area contributed by atoms with Gasteiger partial charge in [-0.15, -0.1) is 0 Å². The average Bonchev–Trinajstić information content (AvgIpc) is 3.17. The van der Waals surface area contributed by atoms with Crippen LogP contribution < -0.4 is 0 Å². The van der Waals surface area contributed by atoms with Gasteiger partial charge >= 0.3 is 0 Å². The first-order valence-electron chi connectivity index (χ1n) is 11.7. The van der Waals surface area contributed by atoms with E-state index in [1.165, 1.54) is 5.56 Å². The molecule has 2 aliphatic heterocycles. The zero-order chi connectivity index (χ0) is 22.0. The number of nitrogens with zero attached hydrogens (tertiary/aromatic N) is 2. The van der Waals surface area contributed by atoms with Gasteiger partial charge in [-0.1, -0.05) is 29.8 Å². The van der Waals surface area contributed by atoms with E-state index in [0.717, 1.165) is 68.1 Å². The molecular formula is C26H30ClN3O2. The van der Waals surface area contributed by atoms with Crippen molar-refractivity contribution in [3.05, 3.63) is 64.8 Å². The van der Waals surface area contributed by atoms with Gasteiger partial charge in [0, 0.05) is 36.7 Å². The molecule has 2 aliphatic rings. The summed E-state index contributed by atoms with van der Waals surface area (Å²) < 4.78 is 5.64. The number of fused-ring (bicyclic) bond motifs is 1. The fourth-order valence-electron chi connectivity index (χ4n) is 5.44. The van der Waals surface area contributed by atoms with E-state index in [1.54, 1.807) is 0 Å². The zero-order valence-corrected chi connectivity index (χ0v) is 19.1. The van der Waals surface area contributed by atoms with E-state index in [1.807, 2.05) is 30.5 Å². The minimum Gasteiger partial charge on any atom is -0.381 e. The van der Waals surface area contributed by atoms with Crippen molar-refractivity contribution in [1.82, 2.24) is 15.1 Å². The lowest BCUT2D eigenvalue weighted by molar-refractivity contribution is -0.141. The molecule has 1 atom stereocenters. The Hall–Kier alpha value is -2.37. The third-order valence-electron chi connectivity index (χ3n) is 7.32. The molecule has 0 saturated carbocycles. The van der Waals surface area contributed by atoms with Gasteiger partial charge in [-0.2, -0.15) is 5.10 Å². The van der Waals surface area contributed by atoms with Crippen LogP contribution in [0.2, 0.25) is 5.02 Å². The van der Waals surface area contributed by atoms with Crippen molar-refractivity contribution in [2.45, 2.75) is 43.9 Å². The average molecular weight is 452 g/mol. The molecule has 3 aromatic rings. The molecule has 0 unspecified atom stereocenters. The summed E-state index contributed by atoms with van der Waals surface area (Å²) in [4.78, 5) is 16.0. The first-order valence-corrected chi connectivity index (χ1v) is 12.1. The number of benzene rings is 2. The fraction of sp³-hybridized carbons (Fsp3) is 0.462. The number of aromatic nitrogens is 2. The molecule has 0 bridgehead atoms. The Morgan fingerprint density at radius 3 is 2.75 bits per heavy atom. The molecule has 3 heterocycles. The number of halogens is 1. The van der Waals surface area contributed by atoms with Crippen molar-refractivity contribution in [2.75, 3.05) is 26.3 Å². The van der Waals surface area contributed by atoms with Crippen molar-refractivity contribution in [2.24, 2.45) is 5.92 Å². The molecule has 2 aromatic carbocycles. The molecule has 168 valence electrons. The van der Waals surface area contributed by atoms with E-state index in [9.17, 15) is 4.79 Å². The van der Waals surface area contributed by atoms with Crippen molar-refractivity contribution < 1.29 is 9.53 Å². The Balaban J connectivity index is 1.30. The second kappa shape index (κ2) is 9.24. The lowest BCUT2D eigenvalue weighted by Gasteiger charge is -2.40. The number of carbonyl (C=O) groups excluding carboxylic acids is 1. The summed E-state index contributed by atoms with van der Waals surface area (Å²) in [6.07, 6.45) is 7.66. The highest BCUT2D eigenvalue weighted by molar-refractivity contribution is 6.30. The summed E-state index contributed by atoms with van der Waals surface area (Å²) in [6, 6.07) is 14.4. The minimum absolute atomic E-state index is 0.267. The van der Waals surface area contributed by atoms with Crippen molar-refractivity contribution in [3.63, 3.8) is 0 Å². The predicted octanol–water partition coefficient (Wildman–Crippen LogP) is 5.14. The molecule has 5 nitrogen and oxygen atoms in total. The van der Waals surface area contributed by atoms with E-state index in [2.05, 4.69) is 33.3 Å². The van der Waals surface area contributed by atoms with Gasteiger partial charge in [0.15, 0.2) is 0 Å². The van der Waals surface area contributed by atoms with Crippen LogP contribution in [0, 0.1) is 5.92 Å². The van der Waals surface area contributed by atoms with Gasteiger partial charge in [0.1, 0.15) is 0 Å². The standard InChI is InChI=1S/C26H30ClN3O2/c27-23-6-4-22(5-7-23)26(10-14-32-15-11-26)25(31)30-12-1-2-19(9-13-30)16-20-3-8-24-21(17-20)18-28-29-24/h3-8,17-19H,1-2,9-16H2,(H,28,29)/t19-/m0/s1. The molecule has 0 spiro atoms. The molecule has 0 radical (unpaired) electrons. The SMILES string of the molecule is O=C(N1CCC[C@H](Cc2ccc3[nH]ncc3c2)CC1)C1(c2ccc(Cl)cc2)CCOCC1. The van der Waals surface area contributed by atoms with E-state index in [4.69, 9.17) is 16.3 Å². The number of hydrogen-bond donors (Lipinski definition) is 1. The van der Waals surface area contributed by atoms with Gasteiger partial charge in [0.05, 0.1) is 17.1 Å². The molecule has 6 heteroatoms. The normalized spacial score (nSPS) is 21.4. The van der Waals surface area contributed by atoms with Crippen LogP contribution in [-0.4, -0.2) is 47.3 Å². The first-order chi connectivity index (χ1) is 15.6. The summed E-state index contributed by atoms with van der Waals surface area (Å²) in [6.45, 7) is 2.92. The molecule has 0 aliphatic carbocycles. The van der Waals surface area contributed by atoms with Crippen LogP contribution in [0.5, 0.6) is 0 Å². The van der Waals surface area contributed by atoms with Crippen LogP contribution in [0.15, 0.2) is 48.7 Å². The molecule has 1 aromatic heterocycles. The van der Waals surface area contributed by atoms with Gasteiger partial charge in [-0.25, -0.2) is 0 Å². The van der Waals surface area contributed by atoms with Crippen LogP contribution >= 0.6 is 11.6 Å². The van der Waals surface area contributed by atoms with Gasteiger partial charge in [0.2, 0.25) is 5.91 Å². The van der Waals surface area contributed by atoms with Crippen molar-refractivity contribution in [3.8, 4) is 0 Å². The molecular weight excluding hydrogens is 422 g/mol. The van der Waals surface area contributed by atoms with E-state index >= 15 is 0 Å². The number of likely N-dealkylation sites (tertiary alicyclic amines) is 1. The summed E-state index contributed by atoms with van der Waals surface area (Å²) in [5.41, 5.74) is 3.01. The fourth-order valence-corrected chi connectivity index (χ4v) is 5.57. The molecule has 2 saturated heterocycles. The largest absolute Gasteiger partial charge is 0.381 e. The highest BCUT2D eigenvalue weighted by atomic mass is 35.5. The highest BCUT2D eigenvalue weighted by Crippen LogP contribution is 2.38. The molecule has 5 rings (SSSR count). The molecule has 1 amide bonds. The first kappa shape index (κ1) is 21.5. The van der Waals surface area contributed by atoms with Gasteiger partial charge < -0.3 is 9.64 Å². The van der Waals surface area contributed by atoms with Crippen LogP contribution in [0.3, 0.4) is 0 Å². The third-order valence-corrected chi connectivity index (χ3v) is 7.57. The summed E-state index contributed by atoms with van der Waals surface area (Å²) in [5, 5.41) is 9.02. The van der Waals surface area contributed by atoms with Crippen LogP contribution in [0.25, 0.3) is 10.9 Å². The lowest BCUT2D eigenvalue weighted by Crippen LogP contribution is -2.50. The van der Waals surface area contributed by atoms with Crippen LogP contribution in [0.4, 0.5) is 0 Å². The summed E-state index contributed by atoms with van der Waals surface area (Å²) >= 11 is 6.13. The Morgan fingerprint density at radius 1 is 1.12 bits per heavy atom. The maximum absolute atomic E-state index is 13.9. The monoisotopic (exact) mass is 451 g/mol. The highest BCUT2D eigenvalue weighted by Gasteiger charge is 2.44. The molecule has 32 heavy (non-hydrogen) atoms. The maximum Gasteiger partial charge on any atom is 0.233 e. The number of amides is 1. The number of ether oxygens (including phenoxy) is 1. The van der Waals surface area contributed by atoms with Crippen molar-refractivity contribution in [1.29, 1.82) is 0 Å². The zero-order valence-electron chi connectivity index (χ0n) is 18.4. The molecule has 1 N–H and O–H groups in total. The van der Waals surface area contributed by atoms with Gasteiger partial charge in [-0.05, 0) is 79.8 Å². The Bertz CT molecular complexity index is 1070. The third kappa shape index (κ3) is 4.28.